The predicted octanol–water partition coefficient (Wildman–Crippen LogP) is 6.15. The van der Waals surface area contributed by atoms with E-state index in [4.69, 9.17) is 4.74 Å². The second-order valence-corrected chi connectivity index (χ2v) is 10.6. The molecule has 0 unspecified atom stereocenters. The van der Waals surface area contributed by atoms with Crippen molar-refractivity contribution < 1.29 is 9.84 Å². The molecule has 38 heavy (non-hydrogen) atoms. The maximum Gasteiger partial charge on any atom is 0.0936 e. The van der Waals surface area contributed by atoms with Crippen molar-refractivity contribution in [3.8, 4) is 0 Å². The van der Waals surface area contributed by atoms with Gasteiger partial charge in [0.2, 0.25) is 0 Å². The van der Waals surface area contributed by atoms with Crippen molar-refractivity contribution in [3.05, 3.63) is 66.2 Å². The van der Waals surface area contributed by atoms with Gasteiger partial charge < -0.3 is 20.1 Å². The summed E-state index contributed by atoms with van der Waals surface area (Å²) in [5.74, 6) is 0.863. The highest BCUT2D eigenvalue weighted by atomic mass is 16.5. The maximum absolute atomic E-state index is 9.85. The minimum Gasteiger partial charge on any atom is -0.389 e. The van der Waals surface area contributed by atoms with E-state index in [1.165, 1.54) is 38.9 Å². The van der Waals surface area contributed by atoms with Crippen molar-refractivity contribution in [1.29, 1.82) is 0 Å². The fourth-order valence-electron chi connectivity index (χ4n) is 5.52. The number of hydrogen-bond acceptors (Lipinski definition) is 7. The Morgan fingerprint density at radius 3 is 2.45 bits per heavy atom. The SMILES string of the molecule is C[C@H](O)c1cccc(N=Nc2ccc(NCCN3CCC(CCN4CCOCC4)CC3)c3ccccc23)c1. The van der Waals surface area contributed by atoms with E-state index in [1.807, 2.05) is 36.4 Å². The number of fused-ring (bicyclic) bond motifs is 1. The lowest BCUT2D eigenvalue weighted by atomic mass is 9.93. The van der Waals surface area contributed by atoms with Gasteiger partial charge in [-0.05, 0) is 81.6 Å². The Morgan fingerprint density at radius 1 is 0.895 bits per heavy atom. The Kier molecular flexibility index (Phi) is 9.36. The first kappa shape index (κ1) is 26.8. The average molecular weight is 516 g/mol. The van der Waals surface area contributed by atoms with Gasteiger partial charge in [-0.3, -0.25) is 4.90 Å². The van der Waals surface area contributed by atoms with E-state index in [0.29, 0.717) is 0 Å². The molecule has 3 aromatic carbocycles. The van der Waals surface area contributed by atoms with Crippen LogP contribution in [0.3, 0.4) is 0 Å². The van der Waals surface area contributed by atoms with Gasteiger partial charge >= 0.3 is 0 Å². The van der Waals surface area contributed by atoms with Crippen LogP contribution in [-0.2, 0) is 4.74 Å². The van der Waals surface area contributed by atoms with E-state index >= 15 is 0 Å². The molecule has 0 aromatic heterocycles. The lowest BCUT2D eigenvalue weighted by Gasteiger charge is -2.34. The molecule has 7 nitrogen and oxygen atoms in total. The van der Waals surface area contributed by atoms with Gasteiger partial charge in [-0.1, -0.05) is 36.4 Å². The Morgan fingerprint density at radius 2 is 1.66 bits per heavy atom. The molecule has 3 aromatic rings. The van der Waals surface area contributed by atoms with Crippen LogP contribution in [0.5, 0.6) is 0 Å². The van der Waals surface area contributed by atoms with Crippen LogP contribution < -0.4 is 5.32 Å². The molecule has 7 heteroatoms. The number of azo groups is 1. The van der Waals surface area contributed by atoms with Gasteiger partial charge in [-0.25, -0.2) is 0 Å². The van der Waals surface area contributed by atoms with E-state index in [1.54, 1.807) is 6.92 Å². The molecule has 202 valence electrons. The predicted molar refractivity (Wildman–Crippen MR) is 155 cm³/mol. The smallest absolute Gasteiger partial charge is 0.0936 e. The molecular formula is C31H41N5O2. The van der Waals surface area contributed by atoms with Crippen LogP contribution in [-0.4, -0.2) is 73.9 Å². The first-order valence-electron chi connectivity index (χ1n) is 14.1. The molecule has 2 heterocycles. The number of anilines is 1. The lowest BCUT2D eigenvalue weighted by Crippen LogP contribution is -2.40. The summed E-state index contributed by atoms with van der Waals surface area (Å²) in [6, 6.07) is 20.1. The minimum atomic E-state index is -0.525. The van der Waals surface area contributed by atoms with Gasteiger partial charge in [-0.2, -0.15) is 5.11 Å². The molecule has 2 fully saturated rings. The van der Waals surface area contributed by atoms with Crippen LogP contribution in [0.1, 0.15) is 37.9 Å². The van der Waals surface area contributed by atoms with Crippen molar-refractivity contribution in [2.24, 2.45) is 16.1 Å². The normalized spacial score (nSPS) is 18.8. The molecule has 0 bridgehead atoms. The molecule has 2 aliphatic heterocycles. The zero-order valence-corrected chi connectivity index (χ0v) is 22.6. The van der Waals surface area contributed by atoms with Gasteiger partial charge in [0.25, 0.3) is 0 Å². The Hall–Kier alpha value is -2.84. The minimum absolute atomic E-state index is 0.525. The van der Waals surface area contributed by atoms with Crippen LogP contribution in [0.2, 0.25) is 0 Å². The van der Waals surface area contributed by atoms with Gasteiger partial charge in [0.1, 0.15) is 0 Å². The van der Waals surface area contributed by atoms with E-state index in [2.05, 4.69) is 49.6 Å². The summed E-state index contributed by atoms with van der Waals surface area (Å²) in [5, 5.41) is 24.8. The summed E-state index contributed by atoms with van der Waals surface area (Å²) < 4.78 is 5.47. The maximum atomic E-state index is 9.85. The number of hydrogen-bond donors (Lipinski definition) is 2. The molecule has 0 radical (unpaired) electrons. The molecular weight excluding hydrogens is 474 g/mol. The fraction of sp³-hybridized carbons (Fsp3) is 0.484. The molecule has 2 aliphatic rings. The lowest BCUT2D eigenvalue weighted by molar-refractivity contribution is 0.0336. The van der Waals surface area contributed by atoms with Crippen molar-refractivity contribution in [2.45, 2.75) is 32.3 Å². The van der Waals surface area contributed by atoms with Crippen LogP contribution >= 0.6 is 0 Å². The number of aliphatic hydroxyl groups excluding tert-OH is 1. The zero-order chi connectivity index (χ0) is 26.2. The number of nitrogens with one attached hydrogen (secondary N) is 1. The fourth-order valence-corrected chi connectivity index (χ4v) is 5.52. The molecule has 0 amide bonds. The monoisotopic (exact) mass is 515 g/mol. The largest absolute Gasteiger partial charge is 0.389 e. The van der Waals surface area contributed by atoms with Gasteiger partial charge in [-0.15, -0.1) is 5.11 Å². The number of ether oxygens (including phenoxy) is 1. The standard InChI is InChI=1S/C31H41N5O2/c1-24(37)26-5-4-6-27(23-26)33-34-31-10-9-30(28-7-2-3-8-29(28)31)32-14-18-35-15-11-25(12-16-35)13-17-36-19-21-38-22-20-36/h2-10,23-25,32,37H,11-22H2,1H3/t24-/m0/s1. The second-order valence-electron chi connectivity index (χ2n) is 10.6. The van der Waals surface area contributed by atoms with Crippen LogP contribution in [0.15, 0.2) is 70.9 Å². The second kappa shape index (κ2) is 13.3. The van der Waals surface area contributed by atoms with Crippen LogP contribution in [0.4, 0.5) is 17.1 Å². The highest BCUT2D eigenvalue weighted by Crippen LogP contribution is 2.33. The number of likely N-dealkylation sites (tertiary alicyclic amines) is 1. The van der Waals surface area contributed by atoms with Gasteiger partial charge in [0, 0.05) is 42.6 Å². The van der Waals surface area contributed by atoms with E-state index in [9.17, 15) is 5.11 Å². The van der Waals surface area contributed by atoms with Crippen molar-refractivity contribution in [1.82, 2.24) is 9.80 Å². The summed E-state index contributed by atoms with van der Waals surface area (Å²) in [6.07, 6.45) is 3.43. The summed E-state index contributed by atoms with van der Waals surface area (Å²) in [7, 11) is 0. The summed E-state index contributed by atoms with van der Waals surface area (Å²) >= 11 is 0. The number of morpholine rings is 1. The third-order valence-corrected chi connectivity index (χ3v) is 7.93. The molecule has 2 saturated heterocycles. The quantitative estimate of drug-likeness (QED) is 0.317. The number of rotatable bonds is 10. The van der Waals surface area contributed by atoms with E-state index < -0.39 is 6.10 Å². The number of benzene rings is 3. The zero-order valence-electron chi connectivity index (χ0n) is 22.6. The Balaban J connectivity index is 1.13. The van der Waals surface area contributed by atoms with E-state index in [0.717, 1.165) is 78.7 Å². The molecule has 0 spiro atoms. The number of piperidine rings is 1. The number of aliphatic hydroxyl groups is 1. The van der Waals surface area contributed by atoms with E-state index in [-0.39, 0.29) is 0 Å². The van der Waals surface area contributed by atoms with Crippen molar-refractivity contribution >= 4 is 27.8 Å². The Bertz CT molecular complexity index is 1200. The van der Waals surface area contributed by atoms with Gasteiger partial charge in [0.05, 0.1) is 30.7 Å². The first-order valence-corrected chi connectivity index (χ1v) is 14.1. The molecule has 0 saturated carbocycles. The average Bonchev–Trinajstić information content (AvgIpc) is 2.97. The first-order chi connectivity index (χ1) is 18.7. The molecule has 5 rings (SSSR count). The highest BCUT2D eigenvalue weighted by molar-refractivity contribution is 6.00. The Labute approximate surface area is 226 Å². The van der Waals surface area contributed by atoms with Gasteiger partial charge in [0.15, 0.2) is 0 Å². The molecule has 0 aliphatic carbocycles. The molecule has 1 atom stereocenters. The topological polar surface area (TPSA) is 72.7 Å². The summed E-state index contributed by atoms with van der Waals surface area (Å²) in [4.78, 5) is 5.16. The highest BCUT2D eigenvalue weighted by Gasteiger charge is 2.20. The summed E-state index contributed by atoms with van der Waals surface area (Å²) in [6.45, 7) is 11.4. The third-order valence-electron chi connectivity index (χ3n) is 7.93. The third kappa shape index (κ3) is 7.17. The van der Waals surface area contributed by atoms with Crippen LogP contribution in [0.25, 0.3) is 10.8 Å². The van der Waals surface area contributed by atoms with Crippen molar-refractivity contribution in [3.63, 3.8) is 0 Å². The number of nitrogens with zero attached hydrogens (tertiary/aromatic N) is 4. The molecule has 2 N–H and O–H groups in total. The summed E-state index contributed by atoms with van der Waals surface area (Å²) in [5.41, 5.74) is 3.55. The van der Waals surface area contributed by atoms with Crippen molar-refractivity contribution in [2.75, 3.05) is 64.3 Å². The van der Waals surface area contributed by atoms with Crippen LogP contribution in [0, 0.1) is 5.92 Å².